The van der Waals surface area contributed by atoms with Crippen molar-refractivity contribution >= 4 is 27.0 Å². The van der Waals surface area contributed by atoms with E-state index in [0.29, 0.717) is 0 Å². The molecule has 0 aliphatic heterocycles. The summed E-state index contributed by atoms with van der Waals surface area (Å²) >= 11 is 0. The highest BCUT2D eigenvalue weighted by Gasteiger charge is 2.33. The van der Waals surface area contributed by atoms with Crippen molar-refractivity contribution in [3.63, 3.8) is 0 Å². The number of carbonyl (C=O) groups is 1. The van der Waals surface area contributed by atoms with Gasteiger partial charge in [0.15, 0.2) is 32.0 Å². The molecule has 4 aromatic rings. The Kier molecular flexibility index (Phi) is 5.32. The molecule has 0 radical (unpaired) electrons. The monoisotopic (exact) mass is 483 g/mol. The van der Waals surface area contributed by atoms with Crippen LogP contribution in [0, 0.1) is 0 Å². The number of alkyl halides is 3. The van der Waals surface area contributed by atoms with Gasteiger partial charge in [0.05, 0.1) is 18.4 Å². The molecule has 0 N–H and O–H groups in total. The molecule has 0 saturated carbocycles. The van der Waals surface area contributed by atoms with Gasteiger partial charge in [-0.2, -0.15) is 18.3 Å². The molecule has 33 heavy (non-hydrogen) atoms. The zero-order valence-electron chi connectivity index (χ0n) is 17.4. The van der Waals surface area contributed by atoms with Crippen molar-refractivity contribution in [2.75, 3.05) is 19.9 Å². The number of fused-ring (bicyclic) bond motifs is 2. The summed E-state index contributed by atoms with van der Waals surface area (Å²) < 4.78 is 66.7. The van der Waals surface area contributed by atoms with Crippen molar-refractivity contribution in [3.05, 3.63) is 41.9 Å². The number of hydroxylamine groups is 2. The Bertz CT molecular complexity index is 1490. The van der Waals surface area contributed by atoms with E-state index in [0.717, 1.165) is 32.4 Å². The number of aromatic nitrogens is 6. The predicted octanol–water partition coefficient (Wildman–Crippen LogP) is 1.88. The smallest absolute Gasteiger partial charge is 0.274 e. The van der Waals surface area contributed by atoms with Crippen LogP contribution in [0.5, 0.6) is 0 Å². The average molecular weight is 483 g/mol. The topological polar surface area (TPSA) is 124 Å². The zero-order chi connectivity index (χ0) is 24.1. The first-order chi connectivity index (χ1) is 15.5. The summed E-state index contributed by atoms with van der Waals surface area (Å²) in [5.74, 6) is -1.19. The van der Waals surface area contributed by atoms with Crippen LogP contribution in [0.2, 0.25) is 0 Å². The predicted molar refractivity (Wildman–Crippen MR) is 107 cm³/mol. The minimum absolute atomic E-state index is 0.0449. The van der Waals surface area contributed by atoms with Crippen molar-refractivity contribution in [2.45, 2.75) is 18.1 Å². The third kappa shape index (κ3) is 3.78. The van der Waals surface area contributed by atoms with Crippen LogP contribution < -0.4 is 0 Å². The van der Waals surface area contributed by atoms with Crippen LogP contribution in [0.3, 0.4) is 0 Å². The Morgan fingerprint density at radius 1 is 1.21 bits per heavy atom. The Balaban J connectivity index is 2.02. The first-order valence-corrected chi connectivity index (χ1v) is 11.0. The molecule has 0 aromatic carbocycles. The highest BCUT2D eigenvalue weighted by molar-refractivity contribution is 7.91. The molecule has 0 bridgehead atoms. The summed E-state index contributed by atoms with van der Waals surface area (Å²) in [7, 11) is -1.35. The van der Waals surface area contributed by atoms with Crippen LogP contribution in [0.15, 0.2) is 35.6 Å². The summed E-state index contributed by atoms with van der Waals surface area (Å²) in [4.78, 5) is 25.9. The van der Waals surface area contributed by atoms with Crippen LogP contribution in [-0.4, -0.2) is 68.5 Å². The molecule has 4 rings (SSSR count). The standard InChI is InChI=1S/C18H16F3N7O4S/c1-4-33(30,31)16-13(14-23-12-6-5-10(18(19,20)21)9-27(12)24-14)15-22-8-7-11(28(15)25-16)17(29)26(2)32-3/h5-9H,4H2,1-3H3. The second-order valence-electron chi connectivity index (χ2n) is 6.79. The van der Waals surface area contributed by atoms with E-state index in [1.807, 2.05) is 0 Å². The molecule has 4 heterocycles. The molecule has 0 spiro atoms. The molecule has 0 unspecified atom stereocenters. The van der Waals surface area contributed by atoms with Crippen LogP contribution >= 0.6 is 0 Å². The molecule has 174 valence electrons. The summed E-state index contributed by atoms with van der Waals surface area (Å²) in [5.41, 5.74) is -1.18. The summed E-state index contributed by atoms with van der Waals surface area (Å²) in [6, 6.07) is 3.26. The second kappa shape index (κ2) is 7.77. The van der Waals surface area contributed by atoms with Gasteiger partial charge in [-0.15, -0.1) is 5.10 Å². The molecule has 11 nitrogen and oxygen atoms in total. The van der Waals surface area contributed by atoms with Gasteiger partial charge in [0.2, 0.25) is 0 Å². The minimum Gasteiger partial charge on any atom is -0.274 e. The fourth-order valence-corrected chi connectivity index (χ4v) is 4.01. The lowest BCUT2D eigenvalue weighted by atomic mass is 10.3. The Morgan fingerprint density at radius 2 is 1.94 bits per heavy atom. The molecule has 0 atom stereocenters. The molecule has 0 aliphatic rings. The van der Waals surface area contributed by atoms with E-state index in [9.17, 15) is 26.4 Å². The van der Waals surface area contributed by atoms with E-state index in [-0.39, 0.29) is 34.1 Å². The number of amides is 1. The van der Waals surface area contributed by atoms with E-state index in [1.165, 1.54) is 33.3 Å². The van der Waals surface area contributed by atoms with Crippen LogP contribution in [0.1, 0.15) is 23.0 Å². The van der Waals surface area contributed by atoms with Crippen molar-refractivity contribution in [2.24, 2.45) is 0 Å². The van der Waals surface area contributed by atoms with E-state index < -0.39 is 32.5 Å². The number of sulfone groups is 1. The Labute approximate surface area is 184 Å². The Hall–Kier alpha value is -3.59. The number of nitrogens with zero attached hydrogens (tertiary/aromatic N) is 7. The van der Waals surface area contributed by atoms with Gasteiger partial charge in [-0.05, 0) is 18.2 Å². The van der Waals surface area contributed by atoms with Crippen LogP contribution in [-0.2, 0) is 20.9 Å². The van der Waals surface area contributed by atoms with Crippen molar-refractivity contribution in [3.8, 4) is 11.4 Å². The third-order valence-electron chi connectivity index (χ3n) is 4.82. The summed E-state index contributed by atoms with van der Waals surface area (Å²) in [5, 5.41) is 8.59. The maximum absolute atomic E-state index is 13.1. The van der Waals surface area contributed by atoms with Gasteiger partial charge in [0, 0.05) is 19.4 Å². The van der Waals surface area contributed by atoms with Crippen molar-refractivity contribution in [1.29, 1.82) is 0 Å². The number of halogens is 3. The lowest BCUT2D eigenvalue weighted by molar-refractivity contribution is -0.137. The quantitative estimate of drug-likeness (QED) is 0.394. The number of hydrogen-bond acceptors (Lipinski definition) is 8. The highest BCUT2D eigenvalue weighted by atomic mass is 32.2. The lowest BCUT2D eigenvalue weighted by Gasteiger charge is -2.13. The largest absolute Gasteiger partial charge is 0.417 e. The first-order valence-electron chi connectivity index (χ1n) is 9.34. The van der Waals surface area contributed by atoms with Gasteiger partial charge in [-0.25, -0.2) is 32.5 Å². The molecular weight excluding hydrogens is 467 g/mol. The first kappa shape index (κ1) is 22.6. The van der Waals surface area contributed by atoms with Gasteiger partial charge in [0.25, 0.3) is 5.91 Å². The van der Waals surface area contributed by atoms with E-state index in [4.69, 9.17) is 4.84 Å². The van der Waals surface area contributed by atoms with E-state index in [2.05, 4.69) is 20.2 Å². The van der Waals surface area contributed by atoms with Crippen molar-refractivity contribution < 1.29 is 31.2 Å². The van der Waals surface area contributed by atoms with Crippen LogP contribution in [0.4, 0.5) is 13.2 Å². The number of hydrogen-bond donors (Lipinski definition) is 0. The van der Waals surface area contributed by atoms with Gasteiger partial charge in [-0.1, -0.05) is 6.92 Å². The normalized spacial score (nSPS) is 12.5. The highest BCUT2D eigenvalue weighted by Crippen LogP contribution is 2.32. The molecule has 1 amide bonds. The molecule has 0 saturated heterocycles. The number of carbonyl (C=O) groups excluding carboxylic acids is 1. The fourth-order valence-electron chi connectivity index (χ4n) is 3.04. The average Bonchev–Trinajstić information content (AvgIpc) is 3.38. The number of pyridine rings is 1. The van der Waals surface area contributed by atoms with Crippen LogP contribution in [0.25, 0.3) is 22.7 Å². The maximum Gasteiger partial charge on any atom is 0.417 e. The van der Waals surface area contributed by atoms with Crippen molar-refractivity contribution in [1.82, 2.24) is 34.3 Å². The van der Waals surface area contributed by atoms with E-state index >= 15 is 0 Å². The second-order valence-corrected chi connectivity index (χ2v) is 8.98. The maximum atomic E-state index is 13.1. The SMILES string of the molecule is CCS(=O)(=O)c1nn2c(C(=O)N(C)OC)ccnc2c1-c1nc2ccc(C(F)(F)F)cn2n1. The van der Waals surface area contributed by atoms with Gasteiger partial charge < -0.3 is 0 Å². The van der Waals surface area contributed by atoms with Gasteiger partial charge in [-0.3, -0.25) is 9.63 Å². The number of rotatable bonds is 5. The fraction of sp³-hybridized carbons (Fsp3) is 0.278. The minimum atomic E-state index is -4.61. The summed E-state index contributed by atoms with van der Waals surface area (Å²) in [6.45, 7) is 1.40. The summed E-state index contributed by atoms with van der Waals surface area (Å²) in [6.07, 6.45) is -2.61. The Morgan fingerprint density at radius 3 is 2.58 bits per heavy atom. The van der Waals surface area contributed by atoms with E-state index in [1.54, 1.807) is 0 Å². The zero-order valence-corrected chi connectivity index (χ0v) is 18.2. The molecular formula is C18H16F3N7O4S. The molecule has 0 aliphatic carbocycles. The third-order valence-corrected chi connectivity index (χ3v) is 6.46. The molecule has 15 heteroatoms. The molecule has 4 aromatic heterocycles. The van der Waals surface area contributed by atoms with Gasteiger partial charge in [0.1, 0.15) is 11.3 Å². The lowest BCUT2D eigenvalue weighted by Crippen LogP contribution is -2.27. The van der Waals surface area contributed by atoms with Gasteiger partial charge >= 0.3 is 6.18 Å². The molecule has 0 fully saturated rings.